The fraction of sp³-hybridized carbons (Fsp3) is 0.462. The first-order chi connectivity index (χ1) is 9.46. The lowest BCUT2D eigenvalue weighted by Crippen LogP contribution is -2.40. The summed E-state index contributed by atoms with van der Waals surface area (Å²) in [5.41, 5.74) is 0.864. The lowest BCUT2D eigenvalue weighted by molar-refractivity contribution is -0.140. The third-order valence-electron chi connectivity index (χ3n) is 3.33. The Morgan fingerprint density at radius 1 is 1.40 bits per heavy atom. The van der Waals surface area contributed by atoms with E-state index in [2.05, 4.69) is 0 Å². The maximum Gasteiger partial charge on any atom is 0.322 e. The Kier molecular flexibility index (Phi) is 4.42. The summed E-state index contributed by atoms with van der Waals surface area (Å²) < 4.78 is 30.9. The van der Waals surface area contributed by atoms with Gasteiger partial charge in [0.25, 0.3) is 0 Å². The molecular formula is C13H17NO5S. The minimum atomic E-state index is -3.75. The van der Waals surface area contributed by atoms with Crippen LogP contribution in [0.4, 0.5) is 0 Å². The molecule has 1 aromatic rings. The number of carbonyl (C=O) groups is 1. The van der Waals surface area contributed by atoms with Gasteiger partial charge in [0.15, 0.2) is 0 Å². The van der Waals surface area contributed by atoms with E-state index in [0.717, 1.165) is 9.87 Å². The van der Waals surface area contributed by atoms with E-state index in [9.17, 15) is 13.2 Å². The van der Waals surface area contributed by atoms with E-state index >= 15 is 0 Å². The van der Waals surface area contributed by atoms with Gasteiger partial charge in [0.05, 0.1) is 11.5 Å². The van der Waals surface area contributed by atoms with Crippen LogP contribution in [0.25, 0.3) is 0 Å². The van der Waals surface area contributed by atoms with Crippen molar-refractivity contribution in [3.8, 4) is 0 Å². The fourth-order valence-electron chi connectivity index (χ4n) is 2.33. The second-order valence-electron chi connectivity index (χ2n) is 4.69. The summed E-state index contributed by atoms with van der Waals surface area (Å²) in [5.74, 6) is -1.10. The molecule has 1 heterocycles. The highest BCUT2D eigenvalue weighted by Gasteiger charge is 2.39. The Bertz CT molecular complexity index is 581. The zero-order valence-corrected chi connectivity index (χ0v) is 12.0. The van der Waals surface area contributed by atoms with Crippen molar-refractivity contribution in [2.75, 3.05) is 13.7 Å². The van der Waals surface area contributed by atoms with Gasteiger partial charge in [0.1, 0.15) is 6.04 Å². The first-order valence-electron chi connectivity index (χ1n) is 6.29. The van der Waals surface area contributed by atoms with Gasteiger partial charge in [-0.15, -0.1) is 0 Å². The highest BCUT2D eigenvalue weighted by Crippen LogP contribution is 2.26. The minimum absolute atomic E-state index is 0.116. The molecule has 110 valence electrons. The number of carboxylic acids is 1. The Morgan fingerprint density at radius 2 is 2.05 bits per heavy atom. The molecule has 0 amide bonds. The highest BCUT2D eigenvalue weighted by molar-refractivity contribution is 7.89. The molecule has 1 N–H and O–H groups in total. The lowest BCUT2D eigenvalue weighted by atomic mass is 10.2. The summed E-state index contributed by atoms with van der Waals surface area (Å²) >= 11 is 0. The van der Waals surface area contributed by atoms with Crippen LogP contribution in [0, 0.1) is 0 Å². The largest absolute Gasteiger partial charge is 0.480 e. The average molecular weight is 299 g/mol. The summed E-state index contributed by atoms with van der Waals surface area (Å²) in [4.78, 5) is 11.2. The van der Waals surface area contributed by atoms with Gasteiger partial charge < -0.3 is 9.84 Å². The van der Waals surface area contributed by atoms with Crippen LogP contribution in [0.15, 0.2) is 29.2 Å². The third-order valence-corrected chi connectivity index (χ3v) is 5.25. The van der Waals surface area contributed by atoms with Crippen LogP contribution < -0.4 is 0 Å². The molecule has 0 bridgehead atoms. The van der Waals surface area contributed by atoms with Crippen LogP contribution in [-0.4, -0.2) is 43.5 Å². The molecule has 0 aliphatic carbocycles. The fourth-order valence-corrected chi connectivity index (χ4v) is 3.99. The quantitative estimate of drug-likeness (QED) is 0.879. The monoisotopic (exact) mass is 299 g/mol. The smallest absolute Gasteiger partial charge is 0.322 e. The predicted octanol–water partition coefficient (Wildman–Crippen LogP) is 1.07. The topological polar surface area (TPSA) is 83.9 Å². The van der Waals surface area contributed by atoms with Crippen molar-refractivity contribution < 1.29 is 23.1 Å². The van der Waals surface area contributed by atoms with Crippen LogP contribution in [0.5, 0.6) is 0 Å². The molecule has 0 saturated carbocycles. The summed E-state index contributed by atoms with van der Waals surface area (Å²) in [6.07, 6.45) is 0.925. The van der Waals surface area contributed by atoms with E-state index < -0.39 is 22.0 Å². The van der Waals surface area contributed by atoms with Crippen LogP contribution in [-0.2, 0) is 26.2 Å². The van der Waals surface area contributed by atoms with Gasteiger partial charge in [-0.1, -0.05) is 12.1 Å². The number of methoxy groups -OCH3 is 1. The van der Waals surface area contributed by atoms with Crippen LogP contribution in [0.3, 0.4) is 0 Å². The van der Waals surface area contributed by atoms with Crippen LogP contribution in [0.2, 0.25) is 0 Å². The van der Waals surface area contributed by atoms with Gasteiger partial charge in [-0.2, -0.15) is 4.31 Å². The van der Waals surface area contributed by atoms with Crippen LogP contribution >= 0.6 is 0 Å². The molecule has 1 aromatic carbocycles. The maximum absolute atomic E-state index is 12.4. The van der Waals surface area contributed by atoms with E-state index in [4.69, 9.17) is 9.84 Å². The SMILES string of the molecule is COCc1ccc(S(=O)(=O)N2CCC[C@H]2C(=O)O)cc1. The number of hydrogen-bond donors (Lipinski definition) is 1. The van der Waals surface area contributed by atoms with Crippen molar-refractivity contribution in [2.24, 2.45) is 0 Å². The maximum atomic E-state index is 12.4. The Balaban J connectivity index is 2.27. The molecule has 1 fully saturated rings. The normalized spacial score (nSPS) is 20.1. The molecule has 0 unspecified atom stereocenters. The zero-order valence-electron chi connectivity index (χ0n) is 11.2. The van der Waals surface area contributed by atoms with Gasteiger partial charge in [0.2, 0.25) is 10.0 Å². The van der Waals surface area contributed by atoms with Crippen molar-refractivity contribution in [3.63, 3.8) is 0 Å². The Hall–Kier alpha value is -1.44. The lowest BCUT2D eigenvalue weighted by Gasteiger charge is -2.21. The molecule has 0 spiro atoms. The van der Waals surface area contributed by atoms with Gasteiger partial charge in [-0.3, -0.25) is 4.79 Å². The molecule has 1 atom stereocenters. The van der Waals surface area contributed by atoms with Crippen molar-refractivity contribution in [1.82, 2.24) is 4.31 Å². The van der Waals surface area contributed by atoms with Gasteiger partial charge in [0, 0.05) is 13.7 Å². The molecule has 1 saturated heterocycles. The number of aliphatic carboxylic acids is 1. The molecule has 1 aliphatic rings. The number of nitrogens with zero attached hydrogens (tertiary/aromatic N) is 1. The minimum Gasteiger partial charge on any atom is -0.480 e. The number of rotatable bonds is 5. The van der Waals surface area contributed by atoms with E-state index in [1.165, 1.54) is 12.1 Å². The molecule has 6 nitrogen and oxygen atoms in total. The molecule has 0 radical (unpaired) electrons. The van der Waals surface area contributed by atoms with Crippen LogP contribution in [0.1, 0.15) is 18.4 Å². The number of carboxylic acid groups (broad SMARTS) is 1. The molecule has 20 heavy (non-hydrogen) atoms. The van der Waals surface area contributed by atoms with Gasteiger partial charge in [-0.05, 0) is 30.5 Å². The average Bonchev–Trinajstić information content (AvgIpc) is 2.90. The molecule has 2 rings (SSSR count). The van der Waals surface area contributed by atoms with Gasteiger partial charge >= 0.3 is 5.97 Å². The summed E-state index contributed by atoms with van der Waals surface area (Å²) in [5, 5.41) is 9.09. The second-order valence-corrected chi connectivity index (χ2v) is 6.58. The molecule has 0 aromatic heterocycles. The van der Waals surface area contributed by atoms with Gasteiger partial charge in [-0.25, -0.2) is 8.42 Å². The summed E-state index contributed by atoms with van der Waals surface area (Å²) in [6.45, 7) is 0.654. The zero-order chi connectivity index (χ0) is 14.8. The number of benzene rings is 1. The van der Waals surface area contributed by atoms with Crippen molar-refractivity contribution >= 4 is 16.0 Å². The summed E-state index contributed by atoms with van der Waals surface area (Å²) in [6, 6.07) is 5.35. The van der Waals surface area contributed by atoms with E-state index in [1.807, 2.05) is 0 Å². The van der Waals surface area contributed by atoms with Crippen molar-refractivity contribution in [3.05, 3.63) is 29.8 Å². The second kappa shape index (κ2) is 5.90. The van der Waals surface area contributed by atoms with E-state index in [-0.39, 0.29) is 11.4 Å². The van der Waals surface area contributed by atoms with Crippen molar-refractivity contribution in [2.45, 2.75) is 30.4 Å². The predicted molar refractivity (Wildman–Crippen MR) is 71.7 cm³/mol. The van der Waals surface area contributed by atoms with Crippen molar-refractivity contribution in [1.29, 1.82) is 0 Å². The highest BCUT2D eigenvalue weighted by atomic mass is 32.2. The first kappa shape index (κ1) is 15.0. The summed E-state index contributed by atoms with van der Waals surface area (Å²) in [7, 11) is -2.19. The van der Waals surface area contributed by atoms with E-state index in [0.29, 0.717) is 19.4 Å². The number of hydrogen-bond acceptors (Lipinski definition) is 4. The Labute approximate surface area is 118 Å². The molecule has 1 aliphatic heterocycles. The third kappa shape index (κ3) is 2.84. The van der Waals surface area contributed by atoms with E-state index in [1.54, 1.807) is 19.2 Å². The molecule has 7 heteroatoms. The molecular weight excluding hydrogens is 282 g/mol. The number of ether oxygens (including phenoxy) is 1. The Morgan fingerprint density at radius 3 is 2.60 bits per heavy atom. The first-order valence-corrected chi connectivity index (χ1v) is 7.73. The standard InChI is InChI=1S/C13H17NO5S/c1-19-9-10-4-6-11(7-5-10)20(17,18)14-8-2-3-12(14)13(15)16/h4-7,12H,2-3,8-9H2,1H3,(H,15,16)/t12-/m0/s1. The number of sulfonamides is 1.